The highest BCUT2D eigenvalue weighted by Crippen LogP contribution is 2.00. The third kappa shape index (κ3) is 3.91. The molecule has 0 spiro atoms. The molecule has 0 aromatic carbocycles. The zero-order chi connectivity index (χ0) is 7.28. The van der Waals surface area contributed by atoms with E-state index >= 15 is 0 Å². The van der Waals surface area contributed by atoms with Crippen LogP contribution in [-0.4, -0.2) is 17.5 Å². The Bertz CT molecular complexity index is 105. The molecule has 0 bridgehead atoms. The van der Waals surface area contributed by atoms with Crippen LogP contribution in [0.4, 0.5) is 0 Å². The number of aliphatic hydroxyl groups excluding tert-OH is 1. The van der Waals surface area contributed by atoms with Crippen molar-refractivity contribution in [1.29, 1.82) is 0 Å². The Hall–Kier alpha value is -0.630. The van der Waals surface area contributed by atoms with Gasteiger partial charge in [0.25, 0.3) is 0 Å². The zero-order valence-corrected chi connectivity index (χ0v) is 5.74. The van der Waals surface area contributed by atoms with Crippen molar-refractivity contribution in [3.63, 3.8) is 0 Å². The largest absolute Gasteiger partial charge is 0.389 e. The van der Waals surface area contributed by atoms with Gasteiger partial charge in [0, 0.05) is 0 Å². The summed E-state index contributed by atoms with van der Waals surface area (Å²) in [4.78, 5) is 9.73. The van der Waals surface area contributed by atoms with Crippen LogP contribution < -0.4 is 0 Å². The van der Waals surface area contributed by atoms with E-state index in [4.69, 9.17) is 5.11 Å². The van der Waals surface area contributed by atoms with Crippen LogP contribution in [0.1, 0.15) is 13.8 Å². The number of carbonyl (C=O) groups is 1. The molecule has 1 atom stereocenters. The first-order valence-corrected chi connectivity index (χ1v) is 2.98. The number of hydrogen-bond acceptors (Lipinski definition) is 2. The van der Waals surface area contributed by atoms with E-state index in [-0.39, 0.29) is 5.92 Å². The van der Waals surface area contributed by atoms with Crippen LogP contribution in [-0.2, 0) is 4.79 Å². The number of rotatable bonds is 3. The van der Waals surface area contributed by atoms with E-state index in [0.717, 1.165) is 0 Å². The molecule has 0 fully saturated rings. The molecule has 1 N–H and O–H groups in total. The average molecular weight is 128 g/mol. The van der Waals surface area contributed by atoms with Crippen LogP contribution in [0.5, 0.6) is 0 Å². The predicted octanol–water partition coefficient (Wildman–Crippen LogP) is 0.758. The van der Waals surface area contributed by atoms with E-state index in [0.29, 0.717) is 6.29 Å². The summed E-state index contributed by atoms with van der Waals surface area (Å²) >= 11 is 0. The van der Waals surface area contributed by atoms with Crippen molar-refractivity contribution >= 4 is 6.29 Å². The molecule has 2 heteroatoms. The average Bonchev–Trinajstić information content (AvgIpc) is 1.82. The molecule has 0 aliphatic rings. The van der Waals surface area contributed by atoms with Crippen molar-refractivity contribution < 1.29 is 9.90 Å². The number of hydrogen-bond donors (Lipinski definition) is 1. The Labute approximate surface area is 55.2 Å². The molecule has 0 saturated heterocycles. The maximum absolute atomic E-state index is 9.73. The van der Waals surface area contributed by atoms with Crippen LogP contribution in [0.15, 0.2) is 12.2 Å². The summed E-state index contributed by atoms with van der Waals surface area (Å²) in [6.07, 6.45) is 2.96. The van der Waals surface area contributed by atoms with E-state index < -0.39 is 6.10 Å². The standard InChI is InChI=1S/C7H12O2/c1-6(2)7(9)4-3-5-8/h3-7,9H,1-2H3. The number of allylic oxidation sites excluding steroid dienone is 1. The zero-order valence-electron chi connectivity index (χ0n) is 5.74. The van der Waals surface area contributed by atoms with Crippen LogP contribution in [0.25, 0.3) is 0 Å². The molecule has 0 aliphatic carbocycles. The van der Waals surface area contributed by atoms with Crippen molar-refractivity contribution in [3.05, 3.63) is 12.2 Å². The minimum atomic E-state index is -0.491. The van der Waals surface area contributed by atoms with Gasteiger partial charge < -0.3 is 5.11 Å². The molecule has 52 valence electrons. The minimum absolute atomic E-state index is 0.182. The second-order valence-corrected chi connectivity index (χ2v) is 2.26. The molecule has 0 aromatic rings. The monoisotopic (exact) mass is 128 g/mol. The highest BCUT2D eigenvalue weighted by molar-refractivity contribution is 5.64. The summed E-state index contributed by atoms with van der Waals surface area (Å²) in [5.41, 5.74) is 0. The van der Waals surface area contributed by atoms with Gasteiger partial charge in [-0.15, -0.1) is 0 Å². The van der Waals surface area contributed by atoms with E-state index in [1.165, 1.54) is 12.2 Å². The maximum Gasteiger partial charge on any atom is 0.142 e. The summed E-state index contributed by atoms with van der Waals surface area (Å²) in [5, 5.41) is 9.01. The lowest BCUT2D eigenvalue weighted by atomic mass is 10.1. The summed E-state index contributed by atoms with van der Waals surface area (Å²) in [6, 6.07) is 0. The molecule has 9 heavy (non-hydrogen) atoms. The van der Waals surface area contributed by atoms with Crippen LogP contribution in [0.3, 0.4) is 0 Å². The molecule has 0 radical (unpaired) electrons. The second kappa shape index (κ2) is 4.27. The Morgan fingerprint density at radius 1 is 1.44 bits per heavy atom. The van der Waals surface area contributed by atoms with Gasteiger partial charge in [-0.2, -0.15) is 0 Å². The normalized spacial score (nSPS) is 14.7. The first-order valence-electron chi connectivity index (χ1n) is 2.98. The van der Waals surface area contributed by atoms with Crippen LogP contribution in [0, 0.1) is 5.92 Å². The van der Waals surface area contributed by atoms with Crippen molar-refractivity contribution in [1.82, 2.24) is 0 Å². The van der Waals surface area contributed by atoms with Gasteiger partial charge in [-0.25, -0.2) is 0 Å². The fraction of sp³-hybridized carbons (Fsp3) is 0.571. The van der Waals surface area contributed by atoms with Gasteiger partial charge in [-0.3, -0.25) is 4.79 Å². The maximum atomic E-state index is 9.73. The quantitative estimate of drug-likeness (QED) is 0.450. The lowest BCUT2D eigenvalue weighted by molar-refractivity contribution is -0.104. The summed E-state index contributed by atoms with van der Waals surface area (Å²) in [5.74, 6) is 0.182. The molecule has 0 saturated carbocycles. The first kappa shape index (κ1) is 8.37. The van der Waals surface area contributed by atoms with Gasteiger partial charge in [-0.1, -0.05) is 19.9 Å². The van der Waals surface area contributed by atoms with Gasteiger partial charge in [-0.05, 0) is 12.0 Å². The predicted molar refractivity (Wildman–Crippen MR) is 36.0 cm³/mol. The van der Waals surface area contributed by atoms with Gasteiger partial charge in [0.1, 0.15) is 6.29 Å². The molecular weight excluding hydrogens is 116 g/mol. The molecular formula is C7H12O2. The molecule has 0 aliphatic heterocycles. The number of carbonyl (C=O) groups excluding carboxylic acids is 1. The van der Waals surface area contributed by atoms with Crippen molar-refractivity contribution in [2.24, 2.45) is 5.92 Å². The third-order valence-corrected chi connectivity index (χ3v) is 1.07. The van der Waals surface area contributed by atoms with E-state index in [9.17, 15) is 4.79 Å². The topological polar surface area (TPSA) is 37.3 Å². The molecule has 0 aromatic heterocycles. The second-order valence-electron chi connectivity index (χ2n) is 2.26. The van der Waals surface area contributed by atoms with Gasteiger partial charge >= 0.3 is 0 Å². The first-order chi connectivity index (χ1) is 4.18. The van der Waals surface area contributed by atoms with Gasteiger partial charge in [0.2, 0.25) is 0 Å². The molecule has 0 heterocycles. The smallest absolute Gasteiger partial charge is 0.142 e. The lowest BCUT2D eigenvalue weighted by Gasteiger charge is -2.06. The lowest BCUT2D eigenvalue weighted by Crippen LogP contribution is -2.10. The SMILES string of the molecule is CC(C)C(O)C=CC=O. The van der Waals surface area contributed by atoms with Gasteiger partial charge in [0.05, 0.1) is 6.10 Å². The Balaban J connectivity index is 3.61. The van der Waals surface area contributed by atoms with Crippen molar-refractivity contribution in [2.75, 3.05) is 0 Å². The summed E-state index contributed by atoms with van der Waals surface area (Å²) in [6.45, 7) is 3.78. The Morgan fingerprint density at radius 2 is 2.00 bits per heavy atom. The summed E-state index contributed by atoms with van der Waals surface area (Å²) < 4.78 is 0. The van der Waals surface area contributed by atoms with E-state index in [2.05, 4.69) is 0 Å². The molecule has 2 nitrogen and oxygen atoms in total. The minimum Gasteiger partial charge on any atom is -0.389 e. The fourth-order valence-electron chi connectivity index (χ4n) is 0.381. The highest BCUT2D eigenvalue weighted by atomic mass is 16.3. The Morgan fingerprint density at radius 3 is 2.33 bits per heavy atom. The summed E-state index contributed by atoms with van der Waals surface area (Å²) in [7, 11) is 0. The van der Waals surface area contributed by atoms with E-state index in [1.807, 2.05) is 13.8 Å². The number of aldehydes is 1. The molecule has 0 amide bonds. The van der Waals surface area contributed by atoms with Crippen molar-refractivity contribution in [3.8, 4) is 0 Å². The number of aliphatic hydroxyl groups is 1. The molecule has 1 unspecified atom stereocenters. The van der Waals surface area contributed by atoms with Crippen LogP contribution in [0.2, 0.25) is 0 Å². The van der Waals surface area contributed by atoms with E-state index in [1.54, 1.807) is 0 Å². The molecule has 0 rings (SSSR count). The fourth-order valence-corrected chi connectivity index (χ4v) is 0.381. The van der Waals surface area contributed by atoms with Gasteiger partial charge in [0.15, 0.2) is 0 Å². The third-order valence-electron chi connectivity index (χ3n) is 1.07. The Kier molecular flexibility index (Phi) is 3.97. The highest BCUT2D eigenvalue weighted by Gasteiger charge is 2.02. The van der Waals surface area contributed by atoms with Crippen molar-refractivity contribution in [2.45, 2.75) is 20.0 Å². The van der Waals surface area contributed by atoms with Crippen LogP contribution >= 0.6 is 0 Å².